The van der Waals surface area contributed by atoms with Crippen LogP contribution in [0, 0.1) is 0 Å². The molecular formula is C18H20F3N3O3. The molecule has 0 aliphatic heterocycles. The van der Waals surface area contributed by atoms with Gasteiger partial charge in [-0.05, 0) is 45.4 Å². The molecule has 1 aromatic heterocycles. The fraction of sp³-hybridized carbons (Fsp3) is 0.389. The molecule has 2 rings (SSSR count). The summed E-state index contributed by atoms with van der Waals surface area (Å²) in [5, 5.41) is 15.1. The second-order valence-electron chi connectivity index (χ2n) is 7.12. The second kappa shape index (κ2) is 7.05. The van der Waals surface area contributed by atoms with Crippen LogP contribution in [0.1, 0.15) is 55.2 Å². The van der Waals surface area contributed by atoms with E-state index in [4.69, 9.17) is 5.11 Å². The minimum atomic E-state index is -4.75. The number of aromatic nitrogens is 2. The van der Waals surface area contributed by atoms with Gasteiger partial charge in [0.05, 0.1) is 23.2 Å². The van der Waals surface area contributed by atoms with E-state index in [1.54, 1.807) is 20.8 Å². The van der Waals surface area contributed by atoms with Gasteiger partial charge in [-0.3, -0.25) is 14.3 Å². The first kappa shape index (κ1) is 20.5. The third-order valence-corrected chi connectivity index (χ3v) is 3.96. The zero-order chi connectivity index (χ0) is 20.6. The summed E-state index contributed by atoms with van der Waals surface area (Å²) < 4.78 is 41.3. The van der Waals surface area contributed by atoms with Gasteiger partial charge >= 0.3 is 12.1 Å². The number of hydrogen-bond donors (Lipinski definition) is 2. The van der Waals surface area contributed by atoms with Crippen molar-refractivity contribution in [3.8, 4) is 0 Å². The highest BCUT2D eigenvalue weighted by Gasteiger charge is 2.42. The van der Waals surface area contributed by atoms with Gasteiger partial charge in [-0.2, -0.15) is 18.3 Å². The Bertz CT molecular complexity index is 849. The van der Waals surface area contributed by atoms with Crippen LogP contribution >= 0.6 is 0 Å². The number of carboxylic acids is 1. The molecule has 6 nitrogen and oxygen atoms in total. The van der Waals surface area contributed by atoms with E-state index in [1.165, 1.54) is 31.2 Å². The topological polar surface area (TPSA) is 84.2 Å². The minimum Gasteiger partial charge on any atom is -0.481 e. The SMILES string of the molecule is CC(C(=O)O)c1ccc(NC(=O)c2cnn(C(C)(C)C)c2C(F)(F)F)cc1. The van der Waals surface area contributed by atoms with E-state index in [0.717, 1.165) is 10.9 Å². The summed E-state index contributed by atoms with van der Waals surface area (Å²) in [4.78, 5) is 23.4. The normalized spacial score (nSPS) is 13.3. The van der Waals surface area contributed by atoms with Crippen molar-refractivity contribution in [3.05, 3.63) is 47.3 Å². The van der Waals surface area contributed by atoms with Gasteiger partial charge in [-0.15, -0.1) is 0 Å². The molecule has 1 aromatic carbocycles. The highest BCUT2D eigenvalue weighted by Crippen LogP contribution is 2.35. The molecule has 1 unspecified atom stereocenters. The van der Waals surface area contributed by atoms with Crippen molar-refractivity contribution in [1.82, 2.24) is 9.78 Å². The number of alkyl halides is 3. The van der Waals surface area contributed by atoms with Crippen molar-refractivity contribution in [2.45, 2.75) is 45.3 Å². The molecule has 0 aliphatic carbocycles. The molecule has 0 radical (unpaired) electrons. The fourth-order valence-electron chi connectivity index (χ4n) is 2.49. The molecule has 1 atom stereocenters. The highest BCUT2D eigenvalue weighted by molar-refractivity contribution is 6.05. The first-order valence-corrected chi connectivity index (χ1v) is 8.12. The van der Waals surface area contributed by atoms with Crippen molar-refractivity contribution in [3.63, 3.8) is 0 Å². The summed E-state index contributed by atoms with van der Waals surface area (Å²) in [6.45, 7) is 6.17. The Morgan fingerprint density at radius 3 is 2.15 bits per heavy atom. The number of nitrogens with one attached hydrogen (secondary N) is 1. The Hall–Kier alpha value is -2.84. The van der Waals surface area contributed by atoms with Gasteiger partial charge in [0.2, 0.25) is 0 Å². The monoisotopic (exact) mass is 383 g/mol. The number of carbonyl (C=O) groups is 2. The van der Waals surface area contributed by atoms with E-state index < -0.39 is 40.8 Å². The molecule has 0 aliphatic rings. The standard InChI is InChI=1S/C18H20F3N3O3/c1-10(16(26)27)11-5-7-12(8-6-11)23-15(25)13-9-22-24(17(2,3)4)14(13)18(19,20)21/h5-10H,1-4H3,(H,23,25)(H,26,27). The molecule has 2 aromatic rings. The molecule has 9 heteroatoms. The largest absolute Gasteiger partial charge is 0.481 e. The Labute approximate surface area is 154 Å². The Morgan fingerprint density at radius 1 is 1.15 bits per heavy atom. The van der Waals surface area contributed by atoms with Crippen LogP contribution in [-0.2, 0) is 16.5 Å². The average Bonchev–Trinajstić information content (AvgIpc) is 3.00. The van der Waals surface area contributed by atoms with Crippen molar-refractivity contribution in [2.24, 2.45) is 0 Å². The molecule has 1 heterocycles. The molecule has 0 bridgehead atoms. The maximum absolute atomic E-state index is 13.5. The molecule has 27 heavy (non-hydrogen) atoms. The number of nitrogens with zero attached hydrogens (tertiary/aromatic N) is 2. The van der Waals surface area contributed by atoms with Crippen molar-refractivity contribution < 1.29 is 27.9 Å². The van der Waals surface area contributed by atoms with Gasteiger partial charge < -0.3 is 10.4 Å². The number of benzene rings is 1. The number of amides is 1. The molecule has 0 saturated carbocycles. The number of aliphatic carboxylic acids is 1. The van der Waals surface area contributed by atoms with Crippen LogP contribution in [0.15, 0.2) is 30.5 Å². The summed E-state index contributed by atoms with van der Waals surface area (Å²) in [5.74, 6) is -2.69. The molecule has 2 N–H and O–H groups in total. The number of carboxylic acid groups (broad SMARTS) is 1. The first-order chi connectivity index (χ1) is 12.3. The third kappa shape index (κ3) is 4.47. The van der Waals surface area contributed by atoms with Gasteiger partial charge in [0, 0.05) is 5.69 Å². The smallest absolute Gasteiger partial charge is 0.433 e. The van der Waals surface area contributed by atoms with Gasteiger partial charge in [-0.1, -0.05) is 12.1 Å². The number of rotatable bonds is 4. The van der Waals surface area contributed by atoms with Gasteiger partial charge in [-0.25, -0.2) is 0 Å². The van der Waals surface area contributed by atoms with E-state index >= 15 is 0 Å². The third-order valence-electron chi connectivity index (χ3n) is 3.96. The lowest BCUT2D eigenvalue weighted by molar-refractivity contribution is -0.146. The van der Waals surface area contributed by atoms with E-state index in [0.29, 0.717) is 5.56 Å². The Morgan fingerprint density at radius 2 is 1.70 bits per heavy atom. The van der Waals surface area contributed by atoms with E-state index in [2.05, 4.69) is 10.4 Å². The van der Waals surface area contributed by atoms with E-state index in [9.17, 15) is 22.8 Å². The van der Waals surface area contributed by atoms with Crippen LogP contribution in [0.25, 0.3) is 0 Å². The molecule has 0 saturated heterocycles. The zero-order valence-corrected chi connectivity index (χ0v) is 15.3. The van der Waals surface area contributed by atoms with Crippen LogP contribution in [0.5, 0.6) is 0 Å². The van der Waals surface area contributed by atoms with E-state index in [1.807, 2.05) is 0 Å². The van der Waals surface area contributed by atoms with Gasteiger partial charge in [0.15, 0.2) is 5.69 Å². The highest BCUT2D eigenvalue weighted by atomic mass is 19.4. The van der Waals surface area contributed by atoms with Crippen LogP contribution < -0.4 is 5.32 Å². The second-order valence-corrected chi connectivity index (χ2v) is 7.12. The zero-order valence-electron chi connectivity index (χ0n) is 15.3. The molecule has 0 spiro atoms. The average molecular weight is 383 g/mol. The van der Waals surface area contributed by atoms with E-state index in [-0.39, 0.29) is 5.69 Å². The summed E-state index contributed by atoms with van der Waals surface area (Å²) in [6, 6.07) is 5.87. The molecule has 146 valence electrons. The quantitative estimate of drug-likeness (QED) is 0.833. The van der Waals surface area contributed by atoms with Crippen molar-refractivity contribution >= 4 is 17.6 Å². The number of hydrogen-bond acceptors (Lipinski definition) is 3. The van der Waals surface area contributed by atoms with Crippen LogP contribution in [0.3, 0.4) is 0 Å². The fourth-order valence-corrected chi connectivity index (χ4v) is 2.49. The van der Waals surface area contributed by atoms with Crippen LogP contribution in [0.2, 0.25) is 0 Å². The van der Waals surface area contributed by atoms with Crippen molar-refractivity contribution in [1.29, 1.82) is 0 Å². The summed E-state index contributed by atoms with van der Waals surface area (Å²) in [7, 11) is 0. The number of anilines is 1. The lowest BCUT2D eigenvalue weighted by atomic mass is 10.0. The first-order valence-electron chi connectivity index (χ1n) is 8.12. The maximum Gasteiger partial charge on any atom is 0.433 e. The lowest BCUT2D eigenvalue weighted by Gasteiger charge is -2.23. The number of halogens is 3. The Kier molecular flexibility index (Phi) is 5.35. The van der Waals surface area contributed by atoms with Crippen molar-refractivity contribution in [2.75, 3.05) is 5.32 Å². The van der Waals surface area contributed by atoms with Crippen LogP contribution in [0.4, 0.5) is 18.9 Å². The predicted octanol–water partition coefficient (Wildman–Crippen LogP) is 4.10. The Balaban J connectivity index is 2.31. The van der Waals surface area contributed by atoms with Gasteiger partial charge in [0.1, 0.15) is 0 Å². The summed E-state index contributed by atoms with van der Waals surface area (Å²) in [5.41, 5.74) is -1.91. The molecule has 1 amide bonds. The molecular weight excluding hydrogens is 363 g/mol. The predicted molar refractivity (Wildman–Crippen MR) is 92.7 cm³/mol. The maximum atomic E-state index is 13.5. The van der Waals surface area contributed by atoms with Gasteiger partial charge in [0.25, 0.3) is 5.91 Å². The summed E-state index contributed by atoms with van der Waals surface area (Å²) >= 11 is 0. The molecule has 0 fully saturated rings. The lowest BCUT2D eigenvalue weighted by Crippen LogP contribution is -2.30. The number of carbonyl (C=O) groups excluding carboxylic acids is 1. The summed E-state index contributed by atoms with van der Waals surface area (Å²) in [6.07, 6.45) is -3.86. The minimum absolute atomic E-state index is 0.248. The van der Waals surface area contributed by atoms with Crippen LogP contribution in [-0.4, -0.2) is 26.8 Å².